The first kappa shape index (κ1) is 21.4. The molecule has 4 aromatic rings. The number of nitrogens with zero attached hydrogens (tertiary/aromatic N) is 4. The quantitative estimate of drug-likeness (QED) is 0.368. The van der Waals surface area contributed by atoms with Gasteiger partial charge in [-0.2, -0.15) is 0 Å². The molecule has 0 atom stereocenters. The molecule has 7 nitrogen and oxygen atoms in total. The van der Waals surface area contributed by atoms with Gasteiger partial charge in [0.2, 0.25) is 5.91 Å². The standard InChI is InChI=1S/C21H18ClN5O2S2/c1-13(28)23-20-24-16(11-30-20)12-31-21-26-25-19(14-3-5-15(22)6-4-14)27(21)17-7-9-18(29-2)10-8-17/h3-11H,12H2,1-2H3,(H,23,24,28). The number of amides is 1. The van der Waals surface area contributed by atoms with Crippen LogP contribution in [0, 0.1) is 0 Å². The van der Waals surface area contributed by atoms with Crippen molar-refractivity contribution in [2.45, 2.75) is 17.8 Å². The summed E-state index contributed by atoms with van der Waals surface area (Å²) in [5.74, 6) is 1.93. The fourth-order valence-corrected chi connectivity index (χ4v) is 4.67. The lowest BCUT2D eigenvalue weighted by Crippen LogP contribution is -2.05. The maximum absolute atomic E-state index is 11.2. The molecule has 0 unspecified atom stereocenters. The summed E-state index contributed by atoms with van der Waals surface area (Å²) < 4.78 is 7.28. The third kappa shape index (κ3) is 5.07. The number of methoxy groups -OCH3 is 1. The van der Waals surface area contributed by atoms with Crippen molar-refractivity contribution < 1.29 is 9.53 Å². The maximum Gasteiger partial charge on any atom is 0.223 e. The van der Waals surface area contributed by atoms with E-state index in [0.717, 1.165) is 27.9 Å². The number of ether oxygens (including phenoxy) is 1. The van der Waals surface area contributed by atoms with E-state index in [-0.39, 0.29) is 5.91 Å². The van der Waals surface area contributed by atoms with E-state index >= 15 is 0 Å². The van der Waals surface area contributed by atoms with Crippen LogP contribution in [0.25, 0.3) is 17.1 Å². The van der Waals surface area contributed by atoms with Gasteiger partial charge in [0.05, 0.1) is 12.8 Å². The Hall–Kier alpha value is -2.88. The minimum absolute atomic E-state index is 0.139. The molecular weight excluding hydrogens is 454 g/mol. The summed E-state index contributed by atoms with van der Waals surface area (Å²) in [5.41, 5.74) is 2.67. The van der Waals surface area contributed by atoms with Crippen molar-refractivity contribution in [2.75, 3.05) is 12.4 Å². The molecule has 0 saturated heterocycles. The predicted molar refractivity (Wildman–Crippen MR) is 124 cm³/mol. The zero-order valence-electron chi connectivity index (χ0n) is 16.7. The number of thiazole rings is 1. The smallest absolute Gasteiger partial charge is 0.223 e. The summed E-state index contributed by atoms with van der Waals surface area (Å²) in [7, 11) is 1.64. The third-order valence-corrected chi connectivity index (χ3v) is 6.27. The molecule has 1 amide bonds. The average Bonchev–Trinajstić information content (AvgIpc) is 3.39. The van der Waals surface area contributed by atoms with Gasteiger partial charge in [0, 0.05) is 34.3 Å². The molecule has 1 N–H and O–H groups in total. The molecule has 2 heterocycles. The lowest BCUT2D eigenvalue weighted by atomic mass is 10.2. The summed E-state index contributed by atoms with van der Waals surface area (Å²) in [6.07, 6.45) is 0. The second-order valence-electron chi connectivity index (χ2n) is 6.46. The second-order valence-corrected chi connectivity index (χ2v) is 8.70. The number of hydrogen-bond donors (Lipinski definition) is 1. The van der Waals surface area contributed by atoms with Crippen LogP contribution >= 0.6 is 34.7 Å². The van der Waals surface area contributed by atoms with Crippen LogP contribution in [0.1, 0.15) is 12.6 Å². The van der Waals surface area contributed by atoms with E-state index in [4.69, 9.17) is 16.3 Å². The molecule has 0 aliphatic rings. The Balaban J connectivity index is 1.65. The van der Waals surface area contributed by atoms with Crippen molar-refractivity contribution in [3.63, 3.8) is 0 Å². The Bertz CT molecular complexity index is 1190. The van der Waals surface area contributed by atoms with Gasteiger partial charge in [0.15, 0.2) is 16.1 Å². The van der Waals surface area contributed by atoms with Gasteiger partial charge in [-0.15, -0.1) is 21.5 Å². The number of aromatic nitrogens is 4. The average molecular weight is 472 g/mol. The summed E-state index contributed by atoms with van der Waals surface area (Å²) in [6, 6.07) is 15.2. The van der Waals surface area contributed by atoms with Crippen molar-refractivity contribution in [1.82, 2.24) is 19.7 Å². The lowest BCUT2D eigenvalue weighted by Gasteiger charge is -2.11. The van der Waals surface area contributed by atoms with E-state index in [2.05, 4.69) is 20.5 Å². The van der Waals surface area contributed by atoms with Crippen molar-refractivity contribution >= 4 is 45.7 Å². The van der Waals surface area contributed by atoms with Gasteiger partial charge in [0.25, 0.3) is 0 Å². The molecule has 158 valence electrons. The summed E-state index contributed by atoms with van der Waals surface area (Å²) in [6.45, 7) is 1.46. The van der Waals surface area contributed by atoms with Gasteiger partial charge in [-0.05, 0) is 48.5 Å². The number of carbonyl (C=O) groups excluding carboxylic acids is 1. The summed E-state index contributed by atoms with van der Waals surface area (Å²) in [4.78, 5) is 15.7. The number of anilines is 1. The van der Waals surface area contributed by atoms with E-state index < -0.39 is 0 Å². The Kier molecular flexibility index (Phi) is 6.55. The molecule has 0 saturated carbocycles. The minimum Gasteiger partial charge on any atom is -0.497 e. The topological polar surface area (TPSA) is 81.9 Å². The molecule has 31 heavy (non-hydrogen) atoms. The highest BCUT2D eigenvalue weighted by atomic mass is 35.5. The van der Waals surface area contributed by atoms with Gasteiger partial charge < -0.3 is 10.1 Å². The Labute approximate surface area is 192 Å². The van der Waals surface area contributed by atoms with E-state index in [0.29, 0.717) is 21.7 Å². The number of benzene rings is 2. The molecule has 2 aromatic heterocycles. The zero-order valence-corrected chi connectivity index (χ0v) is 19.1. The first-order valence-corrected chi connectivity index (χ1v) is 11.5. The first-order valence-electron chi connectivity index (χ1n) is 9.24. The zero-order chi connectivity index (χ0) is 21.8. The molecule has 10 heteroatoms. The number of nitrogens with one attached hydrogen (secondary N) is 1. The van der Waals surface area contributed by atoms with Crippen molar-refractivity contribution in [2.24, 2.45) is 0 Å². The van der Waals surface area contributed by atoms with Crippen molar-refractivity contribution in [3.8, 4) is 22.8 Å². The number of rotatable bonds is 7. The molecule has 0 bridgehead atoms. The van der Waals surface area contributed by atoms with Crippen LogP contribution in [0.4, 0.5) is 5.13 Å². The molecule has 0 aliphatic carbocycles. The fourth-order valence-electron chi connectivity index (χ4n) is 2.83. The van der Waals surface area contributed by atoms with Crippen molar-refractivity contribution in [3.05, 3.63) is 64.6 Å². The molecule has 0 spiro atoms. The molecule has 0 radical (unpaired) electrons. The van der Waals surface area contributed by atoms with Crippen molar-refractivity contribution in [1.29, 1.82) is 0 Å². The highest BCUT2D eigenvalue weighted by Gasteiger charge is 2.17. The van der Waals surface area contributed by atoms with Crippen LogP contribution in [-0.2, 0) is 10.5 Å². The van der Waals surface area contributed by atoms with Gasteiger partial charge in [-0.25, -0.2) is 4.98 Å². The Morgan fingerprint density at radius 3 is 2.58 bits per heavy atom. The van der Waals surface area contributed by atoms with Gasteiger partial charge >= 0.3 is 0 Å². The number of carbonyl (C=O) groups is 1. The molecular formula is C21H18ClN5O2S2. The van der Waals surface area contributed by atoms with Gasteiger partial charge in [-0.3, -0.25) is 9.36 Å². The molecule has 0 fully saturated rings. The molecule has 0 aliphatic heterocycles. The minimum atomic E-state index is -0.139. The second kappa shape index (κ2) is 9.51. The Morgan fingerprint density at radius 2 is 1.90 bits per heavy atom. The SMILES string of the molecule is COc1ccc(-n2c(SCc3csc(NC(C)=O)n3)nnc2-c2ccc(Cl)cc2)cc1. The predicted octanol–water partition coefficient (Wildman–Crippen LogP) is 5.30. The lowest BCUT2D eigenvalue weighted by molar-refractivity contribution is -0.114. The number of halogens is 1. The largest absolute Gasteiger partial charge is 0.497 e. The number of thioether (sulfide) groups is 1. The molecule has 4 rings (SSSR count). The van der Waals surface area contributed by atoms with Gasteiger partial charge in [-0.1, -0.05) is 23.4 Å². The fraction of sp³-hybridized carbons (Fsp3) is 0.143. The van der Waals surface area contributed by atoms with Crippen LogP contribution in [0.15, 0.2) is 59.1 Å². The first-order chi connectivity index (χ1) is 15.0. The summed E-state index contributed by atoms with van der Waals surface area (Å²) >= 11 is 8.97. The van der Waals surface area contributed by atoms with Crippen LogP contribution < -0.4 is 10.1 Å². The van der Waals surface area contributed by atoms with E-state index in [1.807, 2.05) is 58.5 Å². The van der Waals surface area contributed by atoms with E-state index in [9.17, 15) is 4.79 Å². The molecule has 2 aromatic carbocycles. The highest BCUT2D eigenvalue weighted by molar-refractivity contribution is 7.98. The van der Waals surface area contributed by atoms with Gasteiger partial charge in [0.1, 0.15) is 5.75 Å². The maximum atomic E-state index is 11.2. The highest BCUT2D eigenvalue weighted by Crippen LogP contribution is 2.31. The van der Waals surface area contributed by atoms with Crippen LogP contribution in [0.5, 0.6) is 5.75 Å². The van der Waals surface area contributed by atoms with E-state index in [1.165, 1.54) is 30.0 Å². The summed E-state index contributed by atoms with van der Waals surface area (Å²) in [5, 5.41) is 15.5. The normalized spacial score (nSPS) is 10.8. The van der Waals surface area contributed by atoms with Crippen LogP contribution in [0.3, 0.4) is 0 Å². The van der Waals surface area contributed by atoms with Crippen LogP contribution in [-0.4, -0.2) is 32.8 Å². The third-order valence-electron chi connectivity index (χ3n) is 4.25. The van der Waals surface area contributed by atoms with Crippen LogP contribution in [0.2, 0.25) is 5.02 Å². The monoisotopic (exact) mass is 471 g/mol. The Morgan fingerprint density at radius 1 is 1.16 bits per heavy atom. The van der Waals surface area contributed by atoms with E-state index in [1.54, 1.807) is 7.11 Å². The number of hydrogen-bond acceptors (Lipinski definition) is 7.